The smallest absolute Gasteiger partial charge is 0.342 e. The van der Waals surface area contributed by atoms with E-state index in [4.69, 9.17) is 4.74 Å². The van der Waals surface area contributed by atoms with E-state index in [9.17, 15) is 19.5 Å². The minimum absolute atomic E-state index is 0.0525. The summed E-state index contributed by atoms with van der Waals surface area (Å²) in [5.74, 6) is -1.84. The maximum absolute atomic E-state index is 12.1. The maximum atomic E-state index is 12.1. The number of esters is 1. The Labute approximate surface area is 132 Å². The normalized spacial score (nSPS) is 11.6. The molecule has 2 aromatic rings. The van der Waals surface area contributed by atoms with Crippen molar-refractivity contribution in [3.8, 4) is 5.75 Å². The van der Waals surface area contributed by atoms with Crippen LogP contribution >= 0.6 is 0 Å². The van der Waals surface area contributed by atoms with E-state index in [0.29, 0.717) is 5.39 Å². The highest BCUT2D eigenvalue weighted by Gasteiger charge is 2.22. The number of imide groups is 1. The second kappa shape index (κ2) is 6.78. The molecule has 0 saturated heterocycles. The van der Waals surface area contributed by atoms with Gasteiger partial charge < -0.3 is 15.2 Å². The van der Waals surface area contributed by atoms with Crippen LogP contribution in [0.2, 0.25) is 0 Å². The quantitative estimate of drug-likeness (QED) is 0.745. The topological polar surface area (TPSA) is 105 Å². The van der Waals surface area contributed by atoms with Gasteiger partial charge in [-0.2, -0.15) is 0 Å². The van der Waals surface area contributed by atoms with E-state index in [2.05, 4.69) is 5.32 Å². The fraction of sp³-hybridized carbons (Fsp3) is 0.188. The molecule has 0 aliphatic carbocycles. The van der Waals surface area contributed by atoms with Crippen molar-refractivity contribution < 1.29 is 24.2 Å². The van der Waals surface area contributed by atoms with Crippen LogP contribution in [0.3, 0.4) is 0 Å². The van der Waals surface area contributed by atoms with Crippen LogP contribution in [0.15, 0.2) is 36.4 Å². The van der Waals surface area contributed by atoms with Crippen LogP contribution in [-0.2, 0) is 9.53 Å². The lowest BCUT2D eigenvalue weighted by Gasteiger charge is -2.13. The van der Waals surface area contributed by atoms with Gasteiger partial charge in [0.1, 0.15) is 11.3 Å². The molecule has 120 valence electrons. The van der Waals surface area contributed by atoms with Crippen molar-refractivity contribution in [2.75, 3.05) is 7.05 Å². The average Bonchev–Trinajstić information content (AvgIpc) is 2.54. The second-order valence-electron chi connectivity index (χ2n) is 4.80. The van der Waals surface area contributed by atoms with Crippen molar-refractivity contribution in [3.05, 3.63) is 42.0 Å². The molecular weight excluding hydrogens is 300 g/mol. The van der Waals surface area contributed by atoms with E-state index >= 15 is 0 Å². The third kappa shape index (κ3) is 3.57. The lowest BCUT2D eigenvalue weighted by Crippen LogP contribution is -2.43. The number of carbonyl (C=O) groups is 3. The molecular formula is C16H16N2O5. The highest BCUT2D eigenvalue weighted by atomic mass is 16.5. The molecule has 7 heteroatoms. The average molecular weight is 316 g/mol. The number of aromatic hydroxyl groups is 1. The summed E-state index contributed by atoms with van der Waals surface area (Å²) < 4.78 is 4.98. The van der Waals surface area contributed by atoms with Gasteiger partial charge in [-0.3, -0.25) is 10.1 Å². The number of benzene rings is 2. The van der Waals surface area contributed by atoms with Crippen LogP contribution in [0.4, 0.5) is 4.79 Å². The molecule has 0 radical (unpaired) electrons. The first-order valence-electron chi connectivity index (χ1n) is 6.88. The van der Waals surface area contributed by atoms with Gasteiger partial charge in [0.15, 0.2) is 6.10 Å². The SMILES string of the molecule is CNC(=O)NC(=O)[C@H](C)OC(=O)c1ccc2ccccc2c1O. The first-order chi connectivity index (χ1) is 10.9. The third-order valence-electron chi connectivity index (χ3n) is 3.24. The summed E-state index contributed by atoms with van der Waals surface area (Å²) in [6.45, 7) is 1.33. The van der Waals surface area contributed by atoms with Gasteiger partial charge in [-0.25, -0.2) is 9.59 Å². The Morgan fingerprint density at radius 3 is 2.52 bits per heavy atom. The Hall–Kier alpha value is -3.09. The van der Waals surface area contributed by atoms with Crippen molar-refractivity contribution in [1.29, 1.82) is 0 Å². The lowest BCUT2D eigenvalue weighted by molar-refractivity contribution is -0.127. The zero-order chi connectivity index (χ0) is 17.0. The molecule has 1 atom stereocenters. The highest BCUT2D eigenvalue weighted by Crippen LogP contribution is 2.29. The van der Waals surface area contributed by atoms with E-state index in [1.54, 1.807) is 24.3 Å². The summed E-state index contributed by atoms with van der Waals surface area (Å²) in [6, 6.07) is 9.39. The predicted molar refractivity (Wildman–Crippen MR) is 83.1 cm³/mol. The van der Waals surface area contributed by atoms with Crippen LogP contribution in [0, 0.1) is 0 Å². The summed E-state index contributed by atoms with van der Waals surface area (Å²) >= 11 is 0. The number of carbonyl (C=O) groups excluding carboxylic acids is 3. The minimum Gasteiger partial charge on any atom is -0.506 e. The van der Waals surface area contributed by atoms with Crippen LogP contribution in [0.5, 0.6) is 5.75 Å². The van der Waals surface area contributed by atoms with Gasteiger partial charge in [0.2, 0.25) is 0 Å². The number of hydrogen-bond donors (Lipinski definition) is 3. The van der Waals surface area contributed by atoms with Crippen LogP contribution in [0.25, 0.3) is 10.8 Å². The van der Waals surface area contributed by atoms with E-state index in [-0.39, 0.29) is 11.3 Å². The summed E-state index contributed by atoms with van der Waals surface area (Å²) in [5, 5.41) is 15.7. The van der Waals surface area contributed by atoms with Crippen LogP contribution in [0.1, 0.15) is 17.3 Å². The Morgan fingerprint density at radius 1 is 1.13 bits per heavy atom. The number of hydrogen-bond acceptors (Lipinski definition) is 5. The molecule has 0 fully saturated rings. The fourth-order valence-electron chi connectivity index (χ4n) is 1.97. The predicted octanol–water partition coefficient (Wildman–Crippen LogP) is 1.55. The molecule has 7 nitrogen and oxygen atoms in total. The number of phenolic OH excluding ortho intramolecular Hbond substituents is 1. The summed E-state index contributed by atoms with van der Waals surface area (Å²) in [5.41, 5.74) is -0.0525. The fourth-order valence-corrected chi connectivity index (χ4v) is 1.97. The van der Waals surface area contributed by atoms with Gasteiger partial charge in [0.05, 0.1) is 0 Å². The molecule has 0 spiro atoms. The standard InChI is InChI=1S/C16H16N2O5/c1-9(14(20)18-16(22)17-2)23-15(21)12-8-7-10-5-3-4-6-11(10)13(12)19/h3-9,19H,1-2H3,(H2,17,18,20,22)/t9-/m0/s1. The first kappa shape index (κ1) is 16.3. The molecule has 0 bridgehead atoms. The monoisotopic (exact) mass is 316 g/mol. The van der Waals surface area contributed by atoms with Gasteiger partial charge in [-0.05, 0) is 18.4 Å². The Morgan fingerprint density at radius 2 is 1.83 bits per heavy atom. The molecule has 2 aromatic carbocycles. The van der Waals surface area contributed by atoms with Crippen molar-refractivity contribution in [2.24, 2.45) is 0 Å². The van der Waals surface area contributed by atoms with Crippen LogP contribution in [-0.4, -0.2) is 36.2 Å². The number of rotatable bonds is 3. The van der Waals surface area contributed by atoms with Gasteiger partial charge >= 0.3 is 12.0 Å². The van der Waals surface area contributed by atoms with E-state index in [1.807, 2.05) is 11.4 Å². The molecule has 23 heavy (non-hydrogen) atoms. The van der Waals surface area contributed by atoms with Crippen molar-refractivity contribution in [2.45, 2.75) is 13.0 Å². The van der Waals surface area contributed by atoms with Gasteiger partial charge in [0, 0.05) is 12.4 Å². The van der Waals surface area contributed by atoms with E-state index in [1.165, 1.54) is 20.0 Å². The lowest BCUT2D eigenvalue weighted by atomic mass is 10.1. The number of urea groups is 1. The summed E-state index contributed by atoms with van der Waals surface area (Å²) in [4.78, 5) is 34.8. The van der Waals surface area contributed by atoms with Gasteiger partial charge in [-0.15, -0.1) is 0 Å². The number of fused-ring (bicyclic) bond motifs is 1. The minimum atomic E-state index is -1.19. The largest absolute Gasteiger partial charge is 0.506 e. The van der Waals surface area contributed by atoms with Crippen LogP contribution < -0.4 is 10.6 Å². The molecule has 0 unspecified atom stereocenters. The van der Waals surface area contributed by atoms with Gasteiger partial charge in [0.25, 0.3) is 5.91 Å². The summed E-state index contributed by atoms with van der Waals surface area (Å²) in [6.07, 6.45) is -1.19. The molecule has 2 rings (SSSR count). The Bertz CT molecular complexity index is 772. The number of nitrogens with one attached hydrogen (secondary N) is 2. The number of ether oxygens (including phenoxy) is 1. The highest BCUT2D eigenvalue weighted by molar-refractivity contribution is 6.02. The van der Waals surface area contributed by atoms with Crippen molar-refractivity contribution in [3.63, 3.8) is 0 Å². The second-order valence-corrected chi connectivity index (χ2v) is 4.80. The number of amides is 3. The first-order valence-corrected chi connectivity index (χ1v) is 6.88. The molecule has 0 aliphatic heterocycles. The zero-order valence-electron chi connectivity index (χ0n) is 12.6. The van der Waals surface area contributed by atoms with Gasteiger partial charge in [-0.1, -0.05) is 30.3 Å². The molecule has 0 heterocycles. The van der Waals surface area contributed by atoms with Crippen molar-refractivity contribution in [1.82, 2.24) is 10.6 Å². The Balaban J connectivity index is 2.16. The van der Waals surface area contributed by atoms with E-state index < -0.39 is 24.0 Å². The maximum Gasteiger partial charge on any atom is 0.342 e. The third-order valence-corrected chi connectivity index (χ3v) is 3.24. The molecule has 0 saturated carbocycles. The van der Waals surface area contributed by atoms with Crippen molar-refractivity contribution >= 4 is 28.7 Å². The molecule has 3 amide bonds. The van der Waals surface area contributed by atoms with E-state index in [0.717, 1.165) is 5.39 Å². The molecule has 0 aromatic heterocycles. The number of phenols is 1. The Kier molecular flexibility index (Phi) is 4.80. The molecule has 0 aliphatic rings. The zero-order valence-corrected chi connectivity index (χ0v) is 12.6. The molecule has 3 N–H and O–H groups in total. The summed E-state index contributed by atoms with van der Waals surface area (Å²) in [7, 11) is 1.35.